The summed E-state index contributed by atoms with van der Waals surface area (Å²) in [6.45, 7) is 2.35. The highest BCUT2D eigenvalue weighted by atomic mass is 32.2. The van der Waals surface area contributed by atoms with Crippen molar-refractivity contribution < 1.29 is 27.2 Å². The van der Waals surface area contributed by atoms with E-state index in [-0.39, 0.29) is 28.6 Å². The van der Waals surface area contributed by atoms with E-state index < -0.39 is 10.0 Å². The fraction of sp³-hybridized carbons (Fsp3) is 0.474. The average molecular weight is 421 g/mol. The van der Waals surface area contributed by atoms with Gasteiger partial charge >= 0.3 is 0 Å². The lowest BCUT2D eigenvalue weighted by Crippen LogP contribution is -2.52. The quantitative estimate of drug-likeness (QED) is 0.782. The van der Waals surface area contributed by atoms with E-state index in [1.54, 1.807) is 15.9 Å². The molecule has 9 nitrogen and oxygen atoms in total. The second kappa shape index (κ2) is 7.77. The van der Waals surface area contributed by atoms with E-state index in [0.29, 0.717) is 43.8 Å². The zero-order valence-corrected chi connectivity index (χ0v) is 16.9. The number of fused-ring (bicyclic) bond motifs is 1. The van der Waals surface area contributed by atoms with Gasteiger partial charge in [-0.05, 0) is 44.2 Å². The fourth-order valence-electron chi connectivity index (χ4n) is 3.67. The summed E-state index contributed by atoms with van der Waals surface area (Å²) < 4.78 is 37.3. The third kappa shape index (κ3) is 3.87. The van der Waals surface area contributed by atoms with Gasteiger partial charge in [0.2, 0.25) is 10.0 Å². The minimum absolute atomic E-state index is 0.00314. The Labute approximate surface area is 168 Å². The van der Waals surface area contributed by atoms with Crippen molar-refractivity contribution in [2.24, 2.45) is 0 Å². The van der Waals surface area contributed by atoms with Crippen molar-refractivity contribution in [1.82, 2.24) is 14.5 Å². The first-order valence-corrected chi connectivity index (χ1v) is 11.0. The largest absolute Gasteiger partial charge is 0.451 e. The number of hydrogen-bond acceptors (Lipinski definition) is 6. The van der Waals surface area contributed by atoms with Gasteiger partial charge in [-0.3, -0.25) is 9.59 Å². The number of sulfonamides is 1. The zero-order chi connectivity index (χ0) is 20.6. The maximum Gasteiger partial charge on any atom is 0.289 e. The van der Waals surface area contributed by atoms with Crippen molar-refractivity contribution in [1.29, 1.82) is 0 Å². The van der Waals surface area contributed by atoms with Crippen LogP contribution in [0.2, 0.25) is 0 Å². The van der Waals surface area contributed by atoms with Crippen LogP contribution in [-0.4, -0.2) is 76.0 Å². The van der Waals surface area contributed by atoms with Gasteiger partial charge in [0.15, 0.2) is 5.76 Å². The molecular weight excluding hydrogens is 398 g/mol. The molecule has 0 aliphatic carbocycles. The molecule has 0 spiro atoms. The molecule has 156 valence electrons. The van der Waals surface area contributed by atoms with Crippen LogP contribution in [0.5, 0.6) is 0 Å². The Hall–Kier alpha value is -2.43. The molecule has 0 saturated carbocycles. The maximum absolute atomic E-state index is 12.8. The Morgan fingerprint density at radius 2 is 1.83 bits per heavy atom. The van der Waals surface area contributed by atoms with Crippen molar-refractivity contribution in [3.8, 4) is 0 Å². The normalized spacial score (nSPS) is 20.4. The molecule has 1 atom stereocenters. The first-order chi connectivity index (χ1) is 13.9. The number of ether oxygens (including phenoxy) is 1. The van der Waals surface area contributed by atoms with Crippen LogP contribution in [-0.2, 0) is 19.6 Å². The number of carbonyl (C=O) groups is 2. The van der Waals surface area contributed by atoms with E-state index in [1.807, 2.05) is 0 Å². The number of nitrogens with zero attached hydrogens (tertiary/aromatic N) is 2. The van der Waals surface area contributed by atoms with Crippen LogP contribution in [0, 0.1) is 0 Å². The second-order valence-electron chi connectivity index (χ2n) is 7.14. The molecule has 2 fully saturated rings. The van der Waals surface area contributed by atoms with E-state index in [9.17, 15) is 18.0 Å². The number of hydrogen-bond donors (Lipinski definition) is 1. The molecule has 0 bridgehead atoms. The molecule has 2 amide bonds. The Morgan fingerprint density at radius 1 is 1.10 bits per heavy atom. The molecular formula is C19H23N3O6S. The molecule has 2 aliphatic rings. The lowest BCUT2D eigenvalue weighted by Gasteiger charge is -2.35. The molecule has 2 aromatic rings. The summed E-state index contributed by atoms with van der Waals surface area (Å²) in [7, 11) is -2.24. The molecule has 1 aromatic carbocycles. The molecule has 4 rings (SSSR count). The van der Waals surface area contributed by atoms with Crippen LogP contribution in [0.3, 0.4) is 0 Å². The topological polar surface area (TPSA) is 109 Å². The fourth-order valence-corrected chi connectivity index (χ4v) is 4.44. The van der Waals surface area contributed by atoms with Gasteiger partial charge < -0.3 is 19.0 Å². The second-order valence-corrected chi connectivity index (χ2v) is 9.02. The standard InChI is InChI=1S/C19H23N3O6S/c1-20-29(25,26)14-4-5-15-13(11-14)12-17(28-15)19(24)22-8-6-21(7-9-22)18(23)16-3-2-10-27-16/h4-5,11-12,16,20H,2-3,6-10H2,1H3. The van der Waals surface area contributed by atoms with Crippen molar-refractivity contribution >= 4 is 32.8 Å². The molecule has 2 saturated heterocycles. The highest BCUT2D eigenvalue weighted by Crippen LogP contribution is 2.24. The lowest BCUT2D eigenvalue weighted by atomic mass is 10.2. The SMILES string of the molecule is CNS(=O)(=O)c1ccc2oc(C(=O)N3CCN(C(=O)C4CCCO4)CC3)cc2c1. The van der Waals surface area contributed by atoms with Crippen LogP contribution in [0.1, 0.15) is 23.4 Å². The summed E-state index contributed by atoms with van der Waals surface area (Å²) >= 11 is 0. The number of benzene rings is 1. The monoisotopic (exact) mass is 421 g/mol. The Balaban J connectivity index is 1.44. The Kier molecular flexibility index (Phi) is 5.32. The lowest BCUT2D eigenvalue weighted by molar-refractivity contribution is -0.142. The minimum Gasteiger partial charge on any atom is -0.451 e. The molecule has 1 unspecified atom stereocenters. The Bertz CT molecular complexity index is 1030. The molecule has 1 aromatic heterocycles. The first kappa shape index (κ1) is 19.9. The van der Waals surface area contributed by atoms with E-state index in [2.05, 4.69) is 4.72 Å². The van der Waals surface area contributed by atoms with Gasteiger partial charge in [0.25, 0.3) is 11.8 Å². The summed E-state index contributed by atoms with van der Waals surface area (Å²) in [6.07, 6.45) is 1.30. The summed E-state index contributed by atoms with van der Waals surface area (Å²) in [5, 5.41) is 0.539. The van der Waals surface area contributed by atoms with Crippen LogP contribution >= 0.6 is 0 Å². The highest BCUT2D eigenvalue weighted by molar-refractivity contribution is 7.89. The molecule has 1 N–H and O–H groups in total. The van der Waals surface area contributed by atoms with Crippen molar-refractivity contribution in [3.05, 3.63) is 30.0 Å². The number of carbonyl (C=O) groups excluding carboxylic acids is 2. The number of piperazine rings is 1. The maximum atomic E-state index is 12.8. The van der Waals surface area contributed by atoms with Gasteiger partial charge in [-0.15, -0.1) is 0 Å². The van der Waals surface area contributed by atoms with Gasteiger partial charge in [0.05, 0.1) is 4.90 Å². The summed E-state index contributed by atoms with van der Waals surface area (Å²) in [5.74, 6) is -0.127. The molecule has 2 aliphatic heterocycles. The number of amides is 2. The van der Waals surface area contributed by atoms with Crippen LogP contribution < -0.4 is 4.72 Å². The van der Waals surface area contributed by atoms with E-state index in [1.165, 1.54) is 25.2 Å². The van der Waals surface area contributed by atoms with Crippen LogP contribution in [0.15, 0.2) is 33.6 Å². The van der Waals surface area contributed by atoms with Gasteiger partial charge in [0.1, 0.15) is 11.7 Å². The molecule has 3 heterocycles. The zero-order valence-electron chi connectivity index (χ0n) is 16.1. The predicted octanol–water partition coefficient (Wildman–Crippen LogP) is 0.804. The van der Waals surface area contributed by atoms with Crippen molar-refractivity contribution in [2.45, 2.75) is 23.8 Å². The average Bonchev–Trinajstić information content (AvgIpc) is 3.42. The predicted molar refractivity (Wildman–Crippen MR) is 104 cm³/mol. The van der Waals surface area contributed by atoms with Crippen molar-refractivity contribution in [3.63, 3.8) is 0 Å². The molecule has 0 radical (unpaired) electrons. The third-order valence-electron chi connectivity index (χ3n) is 5.36. The molecule has 10 heteroatoms. The van der Waals surface area contributed by atoms with E-state index in [0.717, 1.165) is 12.8 Å². The third-order valence-corrected chi connectivity index (χ3v) is 6.77. The molecule has 29 heavy (non-hydrogen) atoms. The van der Waals surface area contributed by atoms with Gasteiger partial charge in [-0.2, -0.15) is 0 Å². The number of nitrogens with one attached hydrogen (secondary N) is 1. The number of rotatable bonds is 4. The Morgan fingerprint density at radius 3 is 2.48 bits per heavy atom. The summed E-state index contributed by atoms with van der Waals surface area (Å²) in [4.78, 5) is 28.7. The van der Waals surface area contributed by atoms with E-state index >= 15 is 0 Å². The van der Waals surface area contributed by atoms with Crippen LogP contribution in [0.25, 0.3) is 11.0 Å². The van der Waals surface area contributed by atoms with Crippen molar-refractivity contribution in [2.75, 3.05) is 39.8 Å². The van der Waals surface area contributed by atoms with Gasteiger partial charge in [-0.1, -0.05) is 0 Å². The van der Waals surface area contributed by atoms with Gasteiger partial charge in [-0.25, -0.2) is 13.1 Å². The highest BCUT2D eigenvalue weighted by Gasteiger charge is 2.32. The first-order valence-electron chi connectivity index (χ1n) is 9.56. The number of furan rings is 1. The van der Waals surface area contributed by atoms with E-state index in [4.69, 9.17) is 9.15 Å². The summed E-state index contributed by atoms with van der Waals surface area (Å²) in [6, 6.07) is 5.99. The van der Waals surface area contributed by atoms with Gasteiger partial charge in [0, 0.05) is 38.2 Å². The van der Waals surface area contributed by atoms with Crippen LogP contribution in [0.4, 0.5) is 0 Å². The summed E-state index contributed by atoms with van der Waals surface area (Å²) in [5.41, 5.74) is 0.440. The smallest absolute Gasteiger partial charge is 0.289 e. The minimum atomic E-state index is -3.58.